The van der Waals surface area contributed by atoms with Gasteiger partial charge in [-0.25, -0.2) is 0 Å². The van der Waals surface area contributed by atoms with Crippen molar-refractivity contribution < 1.29 is 20.4 Å². The maximum Gasteiger partial charge on any atom is 0.115 e. The lowest BCUT2D eigenvalue weighted by Gasteiger charge is -2.60. The van der Waals surface area contributed by atoms with E-state index < -0.39 is 5.60 Å². The summed E-state index contributed by atoms with van der Waals surface area (Å²) in [7, 11) is 0. The lowest BCUT2D eigenvalue weighted by Crippen LogP contribution is -2.67. The molecule has 0 radical (unpaired) electrons. The smallest absolute Gasteiger partial charge is 0.115 e. The molecule has 0 amide bonds. The number of aliphatic hydroxyl groups is 3. The van der Waals surface area contributed by atoms with E-state index in [4.69, 9.17) is 0 Å². The van der Waals surface area contributed by atoms with Gasteiger partial charge in [0.2, 0.25) is 0 Å². The van der Waals surface area contributed by atoms with Crippen LogP contribution in [0.2, 0.25) is 0 Å². The summed E-state index contributed by atoms with van der Waals surface area (Å²) >= 11 is 0. The van der Waals surface area contributed by atoms with E-state index in [0.717, 1.165) is 76.7 Å². The topological polar surface area (TPSA) is 84.2 Å². The summed E-state index contributed by atoms with van der Waals surface area (Å²) in [5, 5.41) is 46.2. The molecule has 0 aromatic heterocycles. The normalized spacial score (nSPS) is 50.1. The van der Waals surface area contributed by atoms with Crippen molar-refractivity contribution in [1.29, 1.82) is 0 Å². The van der Waals surface area contributed by atoms with Crippen LogP contribution in [0, 0.1) is 70.0 Å². The number of rotatable bonds is 5. The van der Waals surface area contributed by atoms with Crippen LogP contribution in [0.4, 0.5) is 0 Å². The van der Waals surface area contributed by atoms with Crippen molar-refractivity contribution in [1.82, 2.24) is 4.90 Å². The van der Waals surface area contributed by atoms with Crippen molar-refractivity contribution in [3.8, 4) is 5.75 Å². The zero-order valence-electron chi connectivity index (χ0n) is 30.8. The minimum atomic E-state index is -0.598. The SMILES string of the molecule is CC(C)Cc1ccc(O)cc1CC[C@H]1CC[C@@]2(C1)C[C@]1(C)[C@@H]3C[C@H]4[C@H](CC[C@@H]5[C@H]4CN4C[C@H](C)CC[C@@H]4[C@@]5(C)O)[C@@H]3C[C@H](O)[C@@H]1C[C@H]2O. The van der Waals surface area contributed by atoms with Crippen LogP contribution in [0.1, 0.15) is 123 Å². The highest BCUT2D eigenvalue weighted by molar-refractivity contribution is 5.35. The van der Waals surface area contributed by atoms with Gasteiger partial charge in [0.15, 0.2) is 0 Å². The number of aryl methyl sites for hydroxylation is 1. The maximum absolute atomic E-state index is 12.2. The fourth-order valence-electron chi connectivity index (χ4n) is 14.8. The molecule has 5 nitrogen and oxygen atoms in total. The van der Waals surface area contributed by atoms with E-state index in [0.29, 0.717) is 59.1 Å². The number of benzene rings is 1. The molecule has 15 atom stereocenters. The number of phenolic OH excluding ortho intramolecular Hbond substituents is 1. The molecule has 1 aromatic rings. The average molecular weight is 662 g/mol. The van der Waals surface area contributed by atoms with E-state index >= 15 is 0 Å². The van der Waals surface area contributed by atoms with Gasteiger partial charge in [0.25, 0.3) is 0 Å². The van der Waals surface area contributed by atoms with Crippen molar-refractivity contribution >= 4 is 0 Å². The van der Waals surface area contributed by atoms with Crippen LogP contribution >= 0.6 is 0 Å². The van der Waals surface area contributed by atoms with Crippen molar-refractivity contribution in [2.24, 2.45) is 70.0 Å². The number of piperidine rings is 2. The summed E-state index contributed by atoms with van der Waals surface area (Å²) in [4.78, 5) is 2.70. The van der Waals surface area contributed by atoms with Crippen LogP contribution < -0.4 is 0 Å². The highest BCUT2D eigenvalue weighted by Gasteiger charge is 2.67. The molecule has 5 aliphatic carbocycles. The molecule has 2 heterocycles. The van der Waals surface area contributed by atoms with E-state index in [1.807, 2.05) is 12.1 Å². The lowest BCUT2D eigenvalue weighted by molar-refractivity contribution is -0.180. The molecule has 2 saturated heterocycles. The zero-order chi connectivity index (χ0) is 33.7. The lowest BCUT2D eigenvalue weighted by atomic mass is 9.46. The third kappa shape index (κ3) is 5.45. The number of hydrogen-bond donors (Lipinski definition) is 4. The fraction of sp³-hybridized carbons (Fsp3) is 0.860. The molecule has 7 fully saturated rings. The molecule has 0 bridgehead atoms. The van der Waals surface area contributed by atoms with Gasteiger partial charge in [-0.1, -0.05) is 33.8 Å². The second-order valence-electron chi connectivity index (χ2n) is 20.0. The molecule has 5 saturated carbocycles. The molecule has 7 aliphatic rings. The molecule has 4 N–H and O–H groups in total. The molecule has 268 valence electrons. The van der Waals surface area contributed by atoms with E-state index in [9.17, 15) is 20.4 Å². The quantitative estimate of drug-likeness (QED) is 0.261. The van der Waals surface area contributed by atoms with Gasteiger partial charge in [0.1, 0.15) is 5.75 Å². The van der Waals surface area contributed by atoms with Gasteiger partial charge in [-0.05, 0) is 190 Å². The van der Waals surface area contributed by atoms with Gasteiger partial charge in [-0.3, -0.25) is 4.90 Å². The molecule has 2 aliphatic heterocycles. The van der Waals surface area contributed by atoms with Crippen LogP contribution in [0.3, 0.4) is 0 Å². The van der Waals surface area contributed by atoms with Gasteiger partial charge in [-0.15, -0.1) is 0 Å². The molecular weight excluding hydrogens is 594 g/mol. The van der Waals surface area contributed by atoms with Gasteiger partial charge in [-0.2, -0.15) is 0 Å². The first-order valence-electron chi connectivity index (χ1n) is 20.4. The summed E-state index contributed by atoms with van der Waals surface area (Å²) in [6.45, 7) is 14.0. The monoisotopic (exact) mass is 662 g/mol. The Hall–Kier alpha value is -1.14. The predicted molar refractivity (Wildman–Crippen MR) is 191 cm³/mol. The van der Waals surface area contributed by atoms with Crippen LogP contribution in [-0.4, -0.2) is 62.3 Å². The third-order valence-electron chi connectivity index (χ3n) is 16.8. The van der Waals surface area contributed by atoms with E-state index in [-0.39, 0.29) is 29.0 Å². The molecule has 1 spiro atoms. The number of phenols is 1. The number of fused-ring (bicyclic) bond motifs is 8. The Balaban J connectivity index is 1.01. The molecule has 1 aromatic carbocycles. The fourth-order valence-corrected chi connectivity index (χ4v) is 14.8. The second-order valence-corrected chi connectivity index (χ2v) is 20.0. The Bertz CT molecular complexity index is 1340. The molecule has 0 unspecified atom stereocenters. The Kier molecular flexibility index (Phi) is 8.66. The molecule has 8 rings (SSSR count). The van der Waals surface area contributed by atoms with Crippen LogP contribution in [0.25, 0.3) is 0 Å². The number of aliphatic hydroxyl groups excluding tert-OH is 2. The second kappa shape index (κ2) is 12.2. The van der Waals surface area contributed by atoms with Crippen molar-refractivity contribution in [2.75, 3.05) is 13.1 Å². The summed E-state index contributed by atoms with van der Waals surface area (Å²) < 4.78 is 0. The first kappa shape index (κ1) is 34.0. The number of hydrogen-bond acceptors (Lipinski definition) is 5. The molecule has 5 heteroatoms. The molecular formula is C43H67NO4. The Labute approximate surface area is 291 Å². The van der Waals surface area contributed by atoms with E-state index in [2.05, 4.69) is 45.6 Å². The van der Waals surface area contributed by atoms with Crippen molar-refractivity contribution in [3.63, 3.8) is 0 Å². The largest absolute Gasteiger partial charge is 0.508 e. The van der Waals surface area contributed by atoms with E-state index in [1.54, 1.807) is 0 Å². The highest BCUT2D eigenvalue weighted by Crippen LogP contribution is 2.70. The molecule has 48 heavy (non-hydrogen) atoms. The Morgan fingerprint density at radius 3 is 2.46 bits per heavy atom. The Morgan fingerprint density at radius 1 is 0.854 bits per heavy atom. The number of aromatic hydroxyl groups is 1. The third-order valence-corrected chi connectivity index (χ3v) is 16.8. The van der Waals surface area contributed by atoms with Gasteiger partial charge < -0.3 is 20.4 Å². The minimum Gasteiger partial charge on any atom is -0.508 e. The zero-order valence-corrected chi connectivity index (χ0v) is 30.8. The highest BCUT2D eigenvalue weighted by atomic mass is 16.3. The first-order chi connectivity index (χ1) is 22.8. The van der Waals surface area contributed by atoms with Gasteiger partial charge >= 0.3 is 0 Å². The standard InChI is InChI=1S/C43H67NO4/c1-25(2)16-28-9-10-30(45)17-29(28)8-7-27-14-15-43(21-27)24-41(4)36-18-32-31(33(36)19-38(46)37(41)20-40(43)47)11-12-35-34(32)23-44-22-26(3)6-13-39(44)42(35,5)48/h9-10,17,25-27,31-40,45-48H,6-8,11-16,18-24H2,1-5H3/t26-,27+,31+,32+,33+,34+,35-,36-,37+,38+,39-,40-,41-,42+,43-/m1/s1. The average Bonchev–Trinajstić information content (AvgIpc) is 3.61. The van der Waals surface area contributed by atoms with Crippen LogP contribution in [0.5, 0.6) is 5.75 Å². The van der Waals surface area contributed by atoms with Crippen LogP contribution in [-0.2, 0) is 12.8 Å². The first-order valence-corrected chi connectivity index (χ1v) is 20.4. The summed E-state index contributed by atoms with van der Waals surface area (Å²) in [6.07, 6.45) is 14.8. The van der Waals surface area contributed by atoms with Crippen molar-refractivity contribution in [2.45, 2.75) is 148 Å². The minimum absolute atomic E-state index is 0.0287. The van der Waals surface area contributed by atoms with Crippen molar-refractivity contribution in [3.05, 3.63) is 29.3 Å². The van der Waals surface area contributed by atoms with Gasteiger partial charge in [0.05, 0.1) is 17.8 Å². The predicted octanol–water partition coefficient (Wildman–Crippen LogP) is 7.61. The van der Waals surface area contributed by atoms with E-state index in [1.165, 1.54) is 43.4 Å². The number of nitrogens with zero attached hydrogens (tertiary/aromatic N) is 1. The maximum atomic E-state index is 12.2. The summed E-state index contributed by atoms with van der Waals surface area (Å²) in [5.41, 5.74) is 2.12. The van der Waals surface area contributed by atoms with Gasteiger partial charge in [0, 0.05) is 19.1 Å². The Morgan fingerprint density at radius 2 is 1.67 bits per heavy atom. The van der Waals surface area contributed by atoms with Crippen LogP contribution in [0.15, 0.2) is 18.2 Å². The summed E-state index contributed by atoms with van der Waals surface area (Å²) in [5.74, 6) is 6.01. The summed E-state index contributed by atoms with van der Waals surface area (Å²) in [6, 6.07) is 6.28.